The first kappa shape index (κ1) is 15.5. The number of carbonyl (C=O) groups is 2. The quantitative estimate of drug-likeness (QED) is 0.927. The van der Waals surface area contributed by atoms with Crippen LogP contribution in [0.1, 0.15) is 48.5 Å². The summed E-state index contributed by atoms with van der Waals surface area (Å²) >= 11 is 0. The van der Waals surface area contributed by atoms with Gasteiger partial charge in [-0.3, -0.25) is 9.59 Å². The number of amides is 1. The Balaban J connectivity index is 1.97. The third-order valence-corrected chi connectivity index (χ3v) is 4.21. The molecule has 0 bridgehead atoms. The second-order valence-electron chi connectivity index (χ2n) is 5.74. The molecule has 1 N–H and O–H groups in total. The Hall–Kier alpha value is -1.84. The molecular weight excluding hydrogens is 266 g/mol. The van der Waals surface area contributed by atoms with E-state index < -0.39 is 5.97 Å². The molecule has 1 aromatic rings. The van der Waals surface area contributed by atoms with Gasteiger partial charge in [-0.1, -0.05) is 19.1 Å². The minimum absolute atomic E-state index is 0.0635. The zero-order chi connectivity index (χ0) is 15.2. The van der Waals surface area contributed by atoms with E-state index in [1.165, 1.54) is 5.56 Å². The van der Waals surface area contributed by atoms with Gasteiger partial charge >= 0.3 is 5.97 Å². The SMILES string of the molecule is CCc1ccc(C(=O)N2CCCC(CC(=O)O)CC2)cc1. The smallest absolute Gasteiger partial charge is 0.303 e. The van der Waals surface area contributed by atoms with E-state index in [9.17, 15) is 9.59 Å². The topological polar surface area (TPSA) is 57.6 Å². The summed E-state index contributed by atoms with van der Waals surface area (Å²) in [6.07, 6.45) is 3.74. The molecule has 1 amide bonds. The molecule has 0 radical (unpaired) electrons. The van der Waals surface area contributed by atoms with Crippen LogP contribution in [-0.2, 0) is 11.2 Å². The van der Waals surface area contributed by atoms with Gasteiger partial charge < -0.3 is 10.0 Å². The third kappa shape index (κ3) is 4.31. The van der Waals surface area contributed by atoms with Gasteiger partial charge in [0.2, 0.25) is 0 Å². The van der Waals surface area contributed by atoms with Gasteiger partial charge in [0.25, 0.3) is 5.91 Å². The summed E-state index contributed by atoms with van der Waals surface area (Å²) in [5.74, 6) is -0.480. The van der Waals surface area contributed by atoms with Gasteiger partial charge in [0, 0.05) is 25.1 Å². The molecule has 1 heterocycles. The van der Waals surface area contributed by atoms with E-state index in [4.69, 9.17) is 5.11 Å². The van der Waals surface area contributed by atoms with Crippen LogP contribution in [0.2, 0.25) is 0 Å². The molecule has 0 aliphatic carbocycles. The molecule has 1 atom stereocenters. The monoisotopic (exact) mass is 289 g/mol. The minimum atomic E-state index is -0.741. The molecule has 0 aromatic heterocycles. The number of likely N-dealkylation sites (tertiary alicyclic amines) is 1. The number of hydrogen-bond acceptors (Lipinski definition) is 2. The molecule has 1 aliphatic heterocycles. The zero-order valence-corrected chi connectivity index (χ0v) is 12.5. The van der Waals surface area contributed by atoms with Crippen molar-refractivity contribution in [1.82, 2.24) is 4.90 Å². The van der Waals surface area contributed by atoms with Crippen molar-refractivity contribution in [3.63, 3.8) is 0 Å². The Labute approximate surface area is 125 Å². The van der Waals surface area contributed by atoms with Crippen molar-refractivity contribution in [2.45, 2.75) is 39.0 Å². The Kier molecular flexibility index (Phi) is 5.37. The van der Waals surface area contributed by atoms with Gasteiger partial charge in [-0.05, 0) is 49.3 Å². The number of nitrogens with zero attached hydrogens (tertiary/aromatic N) is 1. The Morgan fingerprint density at radius 1 is 1.19 bits per heavy atom. The fourth-order valence-corrected chi connectivity index (χ4v) is 2.89. The van der Waals surface area contributed by atoms with Crippen LogP contribution < -0.4 is 0 Å². The lowest BCUT2D eigenvalue weighted by molar-refractivity contribution is -0.138. The molecule has 1 aliphatic rings. The number of aryl methyl sites for hydroxylation is 1. The van der Waals surface area contributed by atoms with Gasteiger partial charge in [-0.2, -0.15) is 0 Å². The van der Waals surface area contributed by atoms with E-state index >= 15 is 0 Å². The van der Waals surface area contributed by atoms with Crippen LogP contribution in [0, 0.1) is 5.92 Å². The van der Waals surface area contributed by atoms with Crippen LogP contribution in [0.4, 0.5) is 0 Å². The first-order valence-electron chi connectivity index (χ1n) is 7.70. The summed E-state index contributed by atoms with van der Waals surface area (Å²) in [6.45, 7) is 3.48. The number of hydrogen-bond donors (Lipinski definition) is 1. The molecule has 1 aromatic carbocycles. The fourth-order valence-electron chi connectivity index (χ4n) is 2.89. The number of carbonyl (C=O) groups excluding carboxylic acids is 1. The zero-order valence-electron chi connectivity index (χ0n) is 12.5. The van der Waals surface area contributed by atoms with Crippen molar-refractivity contribution in [1.29, 1.82) is 0 Å². The maximum Gasteiger partial charge on any atom is 0.303 e. The lowest BCUT2D eigenvalue weighted by Gasteiger charge is -2.20. The summed E-state index contributed by atoms with van der Waals surface area (Å²) in [4.78, 5) is 25.2. The summed E-state index contributed by atoms with van der Waals surface area (Å²) in [7, 11) is 0. The normalized spacial score (nSPS) is 19.1. The molecule has 4 nitrogen and oxygen atoms in total. The van der Waals surface area contributed by atoms with Crippen LogP contribution in [0.3, 0.4) is 0 Å². The number of rotatable bonds is 4. The number of carboxylic acids is 1. The van der Waals surface area contributed by atoms with Crippen molar-refractivity contribution in [2.24, 2.45) is 5.92 Å². The molecule has 1 unspecified atom stereocenters. The highest BCUT2D eigenvalue weighted by Gasteiger charge is 2.22. The van der Waals surface area contributed by atoms with E-state index in [0.29, 0.717) is 6.54 Å². The van der Waals surface area contributed by atoms with Gasteiger partial charge in [0.15, 0.2) is 0 Å². The number of carboxylic acid groups (broad SMARTS) is 1. The average Bonchev–Trinajstić information content (AvgIpc) is 2.71. The van der Waals surface area contributed by atoms with Crippen molar-refractivity contribution >= 4 is 11.9 Å². The Bertz CT molecular complexity index is 495. The van der Waals surface area contributed by atoms with Crippen molar-refractivity contribution < 1.29 is 14.7 Å². The fraction of sp³-hybridized carbons (Fsp3) is 0.529. The van der Waals surface area contributed by atoms with Crippen molar-refractivity contribution in [3.8, 4) is 0 Å². The molecule has 0 saturated carbocycles. The molecule has 114 valence electrons. The lowest BCUT2D eigenvalue weighted by Crippen LogP contribution is -2.32. The second kappa shape index (κ2) is 7.25. The van der Waals surface area contributed by atoms with E-state index in [1.807, 2.05) is 29.2 Å². The largest absolute Gasteiger partial charge is 0.481 e. The van der Waals surface area contributed by atoms with Gasteiger partial charge in [-0.25, -0.2) is 0 Å². The maximum absolute atomic E-state index is 12.5. The molecule has 1 saturated heterocycles. The predicted octanol–water partition coefficient (Wildman–Crippen LogP) is 2.97. The van der Waals surface area contributed by atoms with Gasteiger partial charge in [0.1, 0.15) is 0 Å². The summed E-state index contributed by atoms with van der Waals surface area (Å²) < 4.78 is 0. The lowest BCUT2D eigenvalue weighted by atomic mass is 9.97. The van der Waals surface area contributed by atoms with Crippen LogP contribution in [-0.4, -0.2) is 35.0 Å². The highest BCUT2D eigenvalue weighted by molar-refractivity contribution is 5.94. The third-order valence-electron chi connectivity index (χ3n) is 4.21. The molecule has 0 spiro atoms. The summed E-state index contributed by atoms with van der Waals surface area (Å²) in [6, 6.07) is 7.78. The first-order valence-corrected chi connectivity index (χ1v) is 7.70. The van der Waals surface area contributed by atoms with Crippen LogP contribution in [0.25, 0.3) is 0 Å². The summed E-state index contributed by atoms with van der Waals surface area (Å²) in [5, 5.41) is 8.88. The Morgan fingerprint density at radius 3 is 2.52 bits per heavy atom. The molecule has 1 fully saturated rings. The van der Waals surface area contributed by atoms with E-state index in [1.54, 1.807) is 0 Å². The van der Waals surface area contributed by atoms with Gasteiger partial charge in [-0.15, -0.1) is 0 Å². The minimum Gasteiger partial charge on any atom is -0.481 e. The maximum atomic E-state index is 12.5. The Morgan fingerprint density at radius 2 is 1.90 bits per heavy atom. The highest BCUT2D eigenvalue weighted by atomic mass is 16.4. The van der Waals surface area contributed by atoms with Crippen molar-refractivity contribution in [2.75, 3.05) is 13.1 Å². The molecule has 2 rings (SSSR count). The molecular formula is C17H23NO3. The van der Waals surface area contributed by atoms with E-state index in [0.717, 1.165) is 37.8 Å². The van der Waals surface area contributed by atoms with Crippen LogP contribution in [0.5, 0.6) is 0 Å². The molecule has 4 heteroatoms. The van der Waals surface area contributed by atoms with Gasteiger partial charge in [0.05, 0.1) is 0 Å². The van der Waals surface area contributed by atoms with E-state index in [2.05, 4.69) is 6.92 Å². The number of aliphatic carboxylic acids is 1. The number of benzene rings is 1. The summed E-state index contributed by atoms with van der Waals surface area (Å²) in [5.41, 5.74) is 1.95. The second-order valence-corrected chi connectivity index (χ2v) is 5.74. The first-order chi connectivity index (χ1) is 10.1. The van der Waals surface area contributed by atoms with Crippen LogP contribution in [0.15, 0.2) is 24.3 Å². The highest BCUT2D eigenvalue weighted by Crippen LogP contribution is 2.22. The average molecular weight is 289 g/mol. The van der Waals surface area contributed by atoms with Crippen LogP contribution >= 0.6 is 0 Å². The molecule has 21 heavy (non-hydrogen) atoms. The standard InChI is InChI=1S/C17H23NO3/c1-2-13-5-7-15(8-6-13)17(21)18-10-3-4-14(9-11-18)12-16(19)20/h5-8,14H,2-4,9-12H2,1H3,(H,19,20). The van der Waals surface area contributed by atoms with Crippen molar-refractivity contribution in [3.05, 3.63) is 35.4 Å². The predicted molar refractivity (Wildman–Crippen MR) is 81.3 cm³/mol. The van der Waals surface area contributed by atoms with E-state index in [-0.39, 0.29) is 18.2 Å².